The lowest BCUT2D eigenvalue weighted by atomic mass is 9.76. The molecule has 1 saturated carbocycles. The van der Waals surface area contributed by atoms with Crippen molar-refractivity contribution in [1.29, 1.82) is 0 Å². The molecule has 0 aromatic rings. The van der Waals surface area contributed by atoms with Crippen LogP contribution in [0.15, 0.2) is 0 Å². The molecule has 2 unspecified atom stereocenters. The first kappa shape index (κ1) is 13.8. The lowest BCUT2D eigenvalue weighted by molar-refractivity contribution is 0.230. The second-order valence-electron chi connectivity index (χ2n) is 5.16. The van der Waals surface area contributed by atoms with Crippen LogP contribution < -0.4 is 0 Å². The largest absolute Gasteiger partial charge is 0.176 e. The molecule has 0 aromatic heterocycles. The van der Waals surface area contributed by atoms with E-state index in [2.05, 4.69) is 39.1 Å². The summed E-state index contributed by atoms with van der Waals surface area (Å²) >= 11 is 9.05. The van der Waals surface area contributed by atoms with E-state index in [9.17, 15) is 0 Å². The van der Waals surface area contributed by atoms with Crippen LogP contribution in [0.25, 0.3) is 0 Å². The van der Waals surface area contributed by atoms with E-state index in [0.29, 0.717) is 10.5 Å². The van der Waals surface area contributed by atoms with Crippen LogP contribution in [-0.4, -0.2) is 10.5 Å². The minimum atomic E-state index is 0.570. The first-order valence-corrected chi connectivity index (χ1v) is 7.52. The van der Waals surface area contributed by atoms with Crippen LogP contribution >= 0.6 is 25.3 Å². The van der Waals surface area contributed by atoms with Gasteiger partial charge in [-0.05, 0) is 55.6 Å². The van der Waals surface area contributed by atoms with Crippen molar-refractivity contribution < 1.29 is 0 Å². The van der Waals surface area contributed by atoms with Gasteiger partial charge >= 0.3 is 0 Å². The number of hydrogen-bond acceptors (Lipinski definition) is 2. The Bertz CT molecular complexity index is 160. The fourth-order valence-electron chi connectivity index (χ4n) is 2.80. The summed E-state index contributed by atoms with van der Waals surface area (Å²) in [6.07, 6.45) is 9.50. The highest BCUT2D eigenvalue weighted by Gasteiger charge is 2.25. The average Bonchev–Trinajstić information content (AvgIpc) is 2.21. The first-order chi connectivity index (χ1) is 7.13. The first-order valence-electron chi connectivity index (χ1n) is 6.49. The number of thiol groups is 2. The Labute approximate surface area is 106 Å². The molecule has 0 bridgehead atoms. The molecule has 0 nitrogen and oxygen atoms in total. The molecule has 2 atom stereocenters. The zero-order valence-corrected chi connectivity index (χ0v) is 11.9. The van der Waals surface area contributed by atoms with Crippen molar-refractivity contribution in [3.63, 3.8) is 0 Å². The van der Waals surface area contributed by atoms with Gasteiger partial charge in [0, 0.05) is 5.25 Å². The molecule has 0 aromatic carbocycles. The molecule has 0 spiro atoms. The summed E-state index contributed by atoms with van der Waals surface area (Å²) in [4.78, 5) is 0. The van der Waals surface area contributed by atoms with Gasteiger partial charge in [0.05, 0.1) is 0 Å². The second-order valence-corrected chi connectivity index (χ2v) is 6.78. The predicted octanol–water partition coefficient (Wildman–Crippen LogP) is 4.60. The second kappa shape index (κ2) is 7.11. The van der Waals surface area contributed by atoms with E-state index < -0.39 is 0 Å². The average molecular weight is 246 g/mol. The monoisotopic (exact) mass is 246 g/mol. The summed E-state index contributed by atoms with van der Waals surface area (Å²) in [5, 5.41) is 1.25. The van der Waals surface area contributed by atoms with Crippen LogP contribution in [0.1, 0.15) is 58.8 Å². The normalized spacial score (nSPS) is 31.2. The van der Waals surface area contributed by atoms with Crippen LogP contribution in [0.5, 0.6) is 0 Å². The van der Waals surface area contributed by atoms with Gasteiger partial charge in [0.2, 0.25) is 0 Å². The van der Waals surface area contributed by atoms with Gasteiger partial charge in [0.1, 0.15) is 0 Å². The highest BCUT2D eigenvalue weighted by atomic mass is 32.1. The van der Waals surface area contributed by atoms with E-state index in [-0.39, 0.29) is 0 Å². The molecule has 0 heterocycles. The summed E-state index contributed by atoms with van der Waals surface area (Å²) in [6, 6.07) is 0. The van der Waals surface area contributed by atoms with Crippen LogP contribution in [0, 0.1) is 11.8 Å². The summed E-state index contributed by atoms with van der Waals surface area (Å²) in [5.41, 5.74) is 0. The van der Waals surface area contributed by atoms with Gasteiger partial charge in [-0.2, -0.15) is 25.3 Å². The standard InChI is InChI=1S/C13H26S2/c1-3-11(5-4-10(2)14)12-6-8-13(15)9-7-12/h10-15H,3-9H2,1-2H3. The summed E-state index contributed by atoms with van der Waals surface area (Å²) < 4.78 is 0. The van der Waals surface area contributed by atoms with E-state index in [1.54, 1.807) is 0 Å². The molecule has 0 aliphatic heterocycles. The molecular formula is C13H26S2. The topological polar surface area (TPSA) is 0 Å². The molecule has 1 rings (SSSR count). The molecule has 1 aliphatic carbocycles. The van der Waals surface area contributed by atoms with E-state index in [1.165, 1.54) is 44.9 Å². The molecular weight excluding hydrogens is 220 g/mol. The highest BCUT2D eigenvalue weighted by Crippen LogP contribution is 2.36. The van der Waals surface area contributed by atoms with Gasteiger partial charge < -0.3 is 0 Å². The molecule has 1 fully saturated rings. The maximum Gasteiger partial charge on any atom is 0.00170 e. The smallest absolute Gasteiger partial charge is 0.00170 e. The van der Waals surface area contributed by atoms with Crippen LogP contribution in [0.4, 0.5) is 0 Å². The Hall–Kier alpha value is 0.700. The predicted molar refractivity (Wildman–Crippen MR) is 76.2 cm³/mol. The number of hydrogen-bond donors (Lipinski definition) is 2. The zero-order valence-electron chi connectivity index (χ0n) is 10.2. The lowest BCUT2D eigenvalue weighted by Gasteiger charge is -2.32. The Morgan fingerprint density at radius 1 is 1.13 bits per heavy atom. The van der Waals surface area contributed by atoms with Gasteiger partial charge in [-0.25, -0.2) is 0 Å². The molecule has 1 aliphatic rings. The Morgan fingerprint density at radius 2 is 1.73 bits per heavy atom. The van der Waals surface area contributed by atoms with E-state index >= 15 is 0 Å². The van der Waals surface area contributed by atoms with Gasteiger partial charge in [0.15, 0.2) is 0 Å². The van der Waals surface area contributed by atoms with Gasteiger partial charge in [-0.15, -0.1) is 0 Å². The molecule has 0 saturated heterocycles. The van der Waals surface area contributed by atoms with Crippen LogP contribution in [0.2, 0.25) is 0 Å². The summed E-state index contributed by atoms with van der Waals surface area (Å²) in [6.45, 7) is 4.56. The van der Waals surface area contributed by atoms with Gasteiger partial charge in [0.25, 0.3) is 0 Å². The van der Waals surface area contributed by atoms with Crippen molar-refractivity contribution in [2.45, 2.75) is 69.3 Å². The quantitative estimate of drug-likeness (QED) is 0.651. The molecule has 0 radical (unpaired) electrons. The van der Waals surface area contributed by atoms with E-state index in [1.807, 2.05) is 0 Å². The number of rotatable bonds is 5. The highest BCUT2D eigenvalue weighted by molar-refractivity contribution is 7.81. The van der Waals surface area contributed by atoms with Crippen molar-refractivity contribution in [2.24, 2.45) is 11.8 Å². The fourth-order valence-corrected chi connectivity index (χ4v) is 3.25. The minimum Gasteiger partial charge on any atom is -0.176 e. The van der Waals surface area contributed by atoms with Crippen LogP contribution in [-0.2, 0) is 0 Å². The van der Waals surface area contributed by atoms with Gasteiger partial charge in [-0.1, -0.05) is 20.3 Å². The van der Waals surface area contributed by atoms with Crippen molar-refractivity contribution in [3.8, 4) is 0 Å². The maximum absolute atomic E-state index is 4.57. The SMILES string of the molecule is CCC(CCC(C)S)C1CCC(S)CC1. The Kier molecular flexibility index (Phi) is 6.52. The third-order valence-electron chi connectivity index (χ3n) is 3.89. The van der Waals surface area contributed by atoms with Gasteiger partial charge in [-0.3, -0.25) is 0 Å². The van der Waals surface area contributed by atoms with Crippen molar-refractivity contribution >= 4 is 25.3 Å². The van der Waals surface area contributed by atoms with E-state index in [0.717, 1.165) is 11.8 Å². The maximum atomic E-state index is 4.57. The Balaban J connectivity index is 2.31. The van der Waals surface area contributed by atoms with Crippen LogP contribution in [0.3, 0.4) is 0 Å². The van der Waals surface area contributed by atoms with E-state index in [4.69, 9.17) is 0 Å². The molecule has 0 N–H and O–H groups in total. The summed E-state index contributed by atoms with van der Waals surface area (Å²) in [5.74, 6) is 1.92. The third-order valence-corrected chi connectivity index (χ3v) is 4.66. The van der Waals surface area contributed by atoms with Crippen molar-refractivity contribution in [2.75, 3.05) is 0 Å². The molecule has 2 heteroatoms. The minimum absolute atomic E-state index is 0.570. The summed E-state index contributed by atoms with van der Waals surface area (Å²) in [7, 11) is 0. The molecule has 15 heavy (non-hydrogen) atoms. The van der Waals surface area contributed by atoms with Crippen molar-refractivity contribution in [1.82, 2.24) is 0 Å². The third kappa shape index (κ3) is 5.04. The molecule has 90 valence electrons. The lowest BCUT2D eigenvalue weighted by Crippen LogP contribution is -2.22. The zero-order chi connectivity index (χ0) is 11.3. The van der Waals surface area contributed by atoms with Crippen molar-refractivity contribution in [3.05, 3.63) is 0 Å². The molecule has 0 amide bonds. The fraction of sp³-hybridized carbons (Fsp3) is 1.00. The Morgan fingerprint density at radius 3 is 2.20 bits per heavy atom.